The molecule has 5 nitrogen and oxygen atoms in total. The van der Waals surface area contributed by atoms with E-state index in [9.17, 15) is 0 Å². The highest BCUT2D eigenvalue weighted by Gasteiger charge is 2.26. The molecule has 2 N–H and O–H groups in total. The zero-order valence-corrected chi connectivity index (χ0v) is 18.4. The minimum absolute atomic E-state index is 0.205. The van der Waals surface area contributed by atoms with Crippen LogP contribution >= 0.6 is 11.8 Å². The van der Waals surface area contributed by atoms with Gasteiger partial charge in [0.1, 0.15) is 11.9 Å². The number of imidazole rings is 1. The van der Waals surface area contributed by atoms with Gasteiger partial charge < -0.3 is 19.7 Å². The number of benzene rings is 2. The van der Waals surface area contributed by atoms with Gasteiger partial charge in [0.05, 0.1) is 17.1 Å². The topological polar surface area (TPSA) is 61.4 Å². The molecule has 1 aliphatic rings. The number of fused-ring (bicyclic) bond motifs is 1. The van der Waals surface area contributed by atoms with Gasteiger partial charge in [-0.3, -0.25) is 0 Å². The maximum atomic E-state index is 9.00. The third kappa shape index (κ3) is 5.43. The van der Waals surface area contributed by atoms with Crippen LogP contribution in [0, 0.1) is 0 Å². The number of H-pyrrole nitrogens is 1. The molecule has 160 valence electrons. The summed E-state index contributed by atoms with van der Waals surface area (Å²) in [5.74, 6) is 1.88. The average Bonchev–Trinajstić information content (AvgIpc) is 3.20. The predicted octanol–water partition coefficient (Wildman–Crippen LogP) is 4.63. The first-order chi connectivity index (χ1) is 14.7. The molecule has 1 aromatic heterocycles. The van der Waals surface area contributed by atoms with E-state index in [0.717, 1.165) is 66.9 Å². The van der Waals surface area contributed by atoms with Crippen LogP contribution in [0.3, 0.4) is 0 Å². The number of aromatic nitrogens is 2. The SMILES string of the molecule is CN1CCC(OC(c2cccc(SCCCCO)c2)c2nc3ccccc3[nH]2)CC1. The van der Waals surface area contributed by atoms with Gasteiger partial charge in [0.25, 0.3) is 0 Å². The third-order valence-electron chi connectivity index (χ3n) is 5.63. The first kappa shape index (κ1) is 21.4. The van der Waals surface area contributed by atoms with Gasteiger partial charge in [-0.25, -0.2) is 4.98 Å². The zero-order valence-electron chi connectivity index (χ0n) is 17.6. The maximum Gasteiger partial charge on any atom is 0.141 e. The van der Waals surface area contributed by atoms with Crippen LogP contribution in [0.15, 0.2) is 53.4 Å². The first-order valence-corrected chi connectivity index (χ1v) is 11.8. The van der Waals surface area contributed by atoms with E-state index in [1.54, 1.807) is 0 Å². The number of hydrogen-bond donors (Lipinski definition) is 2. The maximum absolute atomic E-state index is 9.00. The summed E-state index contributed by atoms with van der Waals surface area (Å²) in [7, 11) is 2.17. The Morgan fingerprint density at radius 3 is 2.80 bits per heavy atom. The average molecular weight is 426 g/mol. The van der Waals surface area contributed by atoms with Gasteiger partial charge in [-0.15, -0.1) is 11.8 Å². The minimum Gasteiger partial charge on any atom is -0.396 e. The zero-order chi connectivity index (χ0) is 20.8. The number of aliphatic hydroxyl groups excluding tert-OH is 1. The Labute approximate surface area is 182 Å². The van der Waals surface area contributed by atoms with Gasteiger partial charge >= 0.3 is 0 Å². The molecule has 30 heavy (non-hydrogen) atoms. The Bertz CT molecular complexity index is 904. The van der Waals surface area contributed by atoms with Gasteiger partial charge in [-0.2, -0.15) is 0 Å². The molecule has 0 spiro atoms. The van der Waals surface area contributed by atoms with Crippen LogP contribution in [0.2, 0.25) is 0 Å². The number of para-hydroxylation sites is 2. The van der Waals surface area contributed by atoms with E-state index in [1.165, 1.54) is 4.90 Å². The van der Waals surface area contributed by atoms with Crippen LogP contribution in [0.25, 0.3) is 11.0 Å². The molecule has 2 heterocycles. The number of rotatable bonds is 9. The number of likely N-dealkylation sites (tertiary alicyclic amines) is 1. The van der Waals surface area contributed by atoms with Crippen molar-refractivity contribution in [1.82, 2.24) is 14.9 Å². The number of piperidine rings is 1. The number of thioether (sulfide) groups is 1. The van der Waals surface area contributed by atoms with Crippen molar-refractivity contribution >= 4 is 22.8 Å². The fourth-order valence-corrected chi connectivity index (χ4v) is 4.86. The number of hydrogen-bond acceptors (Lipinski definition) is 5. The second-order valence-electron chi connectivity index (χ2n) is 8.01. The van der Waals surface area contributed by atoms with Crippen molar-refractivity contribution in [3.63, 3.8) is 0 Å². The Hall–Kier alpha value is -1.86. The molecule has 1 unspecified atom stereocenters. The number of unbranched alkanes of at least 4 members (excludes halogenated alkanes) is 1. The second-order valence-corrected chi connectivity index (χ2v) is 9.18. The van der Waals surface area contributed by atoms with Gasteiger partial charge in [-0.05, 0) is 68.3 Å². The summed E-state index contributed by atoms with van der Waals surface area (Å²) in [5, 5.41) is 9.00. The Morgan fingerprint density at radius 2 is 2.00 bits per heavy atom. The molecule has 0 radical (unpaired) electrons. The van der Waals surface area contributed by atoms with Gasteiger partial charge in [0, 0.05) is 24.6 Å². The quantitative estimate of drug-likeness (QED) is 0.387. The first-order valence-electron chi connectivity index (χ1n) is 10.8. The lowest BCUT2D eigenvalue weighted by molar-refractivity contribution is -0.0264. The highest BCUT2D eigenvalue weighted by Crippen LogP contribution is 2.32. The Balaban J connectivity index is 1.58. The number of aliphatic hydroxyl groups is 1. The standard InChI is InChI=1S/C24H31N3O2S/c1-27-13-11-19(12-14-27)29-23(24-25-21-9-2-3-10-22(21)26-24)18-7-6-8-20(17-18)30-16-5-4-15-28/h2-3,6-10,17,19,23,28H,4-5,11-16H2,1H3,(H,25,26). The largest absolute Gasteiger partial charge is 0.396 e. The normalized spacial score (nSPS) is 16.9. The Morgan fingerprint density at radius 1 is 1.17 bits per heavy atom. The lowest BCUT2D eigenvalue weighted by Gasteiger charge is -2.31. The summed E-state index contributed by atoms with van der Waals surface area (Å²) >= 11 is 1.83. The molecule has 3 aromatic rings. The molecule has 0 saturated carbocycles. The Kier molecular flexibility index (Phi) is 7.44. The molecule has 0 aliphatic carbocycles. The summed E-state index contributed by atoms with van der Waals surface area (Å²) < 4.78 is 6.68. The summed E-state index contributed by atoms with van der Waals surface area (Å²) in [4.78, 5) is 11.9. The van der Waals surface area contributed by atoms with Gasteiger partial charge in [0.15, 0.2) is 0 Å². The van der Waals surface area contributed by atoms with E-state index in [2.05, 4.69) is 47.3 Å². The molecule has 1 aliphatic heterocycles. The molecule has 1 atom stereocenters. The molecule has 0 bridgehead atoms. The van der Waals surface area contributed by atoms with E-state index in [0.29, 0.717) is 0 Å². The van der Waals surface area contributed by atoms with Crippen molar-refractivity contribution in [2.24, 2.45) is 0 Å². The van der Waals surface area contributed by atoms with Gasteiger partial charge in [-0.1, -0.05) is 24.3 Å². The summed E-state index contributed by atoms with van der Waals surface area (Å²) in [6, 6.07) is 16.8. The van der Waals surface area contributed by atoms with Crippen molar-refractivity contribution in [1.29, 1.82) is 0 Å². The van der Waals surface area contributed by atoms with Crippen molar-refractivity contribution < 1.29 is 9.84 Å². The molecular weight excluding hydrogens is 394 g/mol. The highest BCUT2D eigenvalue weighted by molar-refractivity contribution is 7.99. The number of aromatic amines is 1. The van der Waals surface area contributed by atoms with E-state index in [4.69, 9.17) is 14.8 Å². The summed E-state index contributed by atoms with van der Waals surface area (Å²) in [6.07, 6.45) is 3.99. The molecule has 4 rings (SSSR count). The number of nitrogens with zero attached hydrogens (tertiary/aromatic N) is 2. The smallest absolute Gasteiger partial charge is 0.141 e. The molecule has 0 amide bonds. The molecule has 2 aromatic carbocycles. The van der Waals surface area contributed by atoms with Crippen LogP contribution in [0.4, 0.5) is 0 Å². The monoisotopic (exact) mass is 425 g/mol. The number of nitrogens with one attached hydrogen (secondary N) is 1. The minimum atomic E-state index is -0.205. The van der Waals surface area contributed by atoms with Crippen molar-refractivity contribution in [3.05, 3.63) is 59.9 Å². The summed E-state index contributed by atoms with van der Waals surface area (Å²) in [5.41, 5.74) is 3.15. The van der Waals surface area contributed by atoms with E-state index in [1.807, 2.05) is 30.0 Å². The highest BCUT2D eigenvalue weighted by atomic mass is 32.2. The molecule has 1 saturated heterocycles. The van der Waals surface area contributed by atoms with Crippen molar-refractivity contribution in [2.75, 3.05) is 32.5 Å². The molecular formula is C24H31N3O2S. The van der Waals surface area contributed by atoms with Crippen LogP contribution in [0.1, 0.15) is 43.2 Å². The van der Waals surface area contributed by atoms with Crippen LogP contribution in [-0.2, 0) is 4.74 Å². The second kappa shape index (κ2) is 10.4. The lowest BCUT2D eigenvalue weighted by atomic mass is 10.1. The van der Waals surface area contributed by atoms with Crippen LogP contribution in [-0.4, -0.2) is 58.6 Å². The van der Waals surface area contributed by atoms with Crippen LogP contribution < -0.4 is 0 Å². The predicted molar refractivity (Wildman–Crippen MR) is 123 cm³/mol. The van der Waals surface area contributed by atoms with Crippen molar-refractivity contribution in [3.8, 4) is 0 Å². The van der Waals surface area contributed by atoms with Crippen molar-refractivity contribution in [2.45, 2.75) is 42.8 Å². The summed E-state index contributed by atoms with van der Waals surface area (Å²) in [6.45, 7) is 2.40. The van der Waals surface area contributed by atoms with E-state index in [-0.39, 0.29) is 18.8 Å². The van der Waals surface area contributed by atoms with E-state index < -0.39 is 0 Å². The fraction of sp³-hybridized carbons (Fsp3) is 0.458. The molecule has 6 heteroatoms. The molecule has 1 fully saturated rings. The lowest BCUT2D eigenvalue weighted by Crippen LogP contribution is -2.35. The number of ether oxygens (including phenoxy) is 1. The third-order valence-corrected chi connectivity index (χ3v) is 6.71. The van der Waals surface area contributed by atoms with E-state index >= 15 is 0 Å². The van der Waals surface area contributed by atoms with Gasteiger partial charge in [0.2, 0.25) is 0 Å². The van der Waals surface area contributed by atoms with Crippen LogP contribution in [0.5, 0.6) is 0 Å². The fourth-order valence-electron chi connectivity index (χ4n) is 3.88.